The molecule has 110 valence electrons. The predicted molar refractivity (Wildman–Crippen MR) is 87.2 cm³/mol. The van der Waals surface area contributed by atoms with E-state index in [4.69, 9.17) is 0 Å². The highest BCUT2D eigenvalue weighted by Gasteiger charge is 2.45. The number of nitrogens with one attached hydrogen (secondary N) is 1. The number of hydrogen-bond acceptors (Lipinski definition) is 2. The normalized spacial score (nSPS) is 24.1. The molecule has 1 aliphatic rings. The fourth-order valence-corrected chi connectivity index (χ4v) is 3.87. The number of aromatic nitrogens is 1. The van der Waals surface area contributed by atoms with E-state index in [1.54, 1.807) is 0 Å². The Labute approximate surface area is 127 Å². The van der Waals surface area contributed by atoms with E-state index in [1.807, 2.05) is 12.4 Å². The third-order valence-electron chi connectivity index (χ3n) is 5.17. The Morgan fingerprint density at radius 3 is 2.29 bits per heavy atom. The Balaban J connectivity index is 1.95. The zero-order chi connectivity index (χ0) is 14.7. The van der Waals surface area contributed by atoms with Crippen LogP contribution in [0.2, 0.25) is 0 Å². The van der Waals surface area contributed by atoms with Crippen molar-refractivity contribution >= 4 is 0 Å². The third-order valence-corrected chi connectivity index (χ3v) is 5.17. The Bertz CT molecular complexity index is 561. The fraction of sp³-hybridized carbons (Fsp3) is 0.421. The highest BCUT2D eigenvalue weighted by molar-refractivity contribution is 5.29. The van der Waals surface area contributed by atoms with Crippen LogP contribution in [-0.4, -0.2) is 10.5 Å². The van der Waals surface area contributed by atoms with Crippen molar-refractivity contribution in [2.45, 2.75) is 50.6 Å². The van der Waals surface area contributed by atoms with Crippen LogP contribution < -0.4 is 5.32 Å². The highest BCUT2D eigenvalue weighted by atomic mass is 15.1. The van der Waals surface area contributed by atoms with E-state index in [1.165, 1.54) is 11.1 Å². The molecule has 2 heterocycles. The second-order valence-corrected chi connectivity index (χ2v) is 6.04. The number of pyridine rings is 1. The van der Waals surface area contributed by atoms with E-state index in [0.717, 1.165) is 19.3 Å². The Morgan fingerprint density at radius 2 is 1.67 bits per heavy atom. The summed E-state index contributed by atoms with van der Waals surface area (Å²) in [5.41, 5.74) is 3.02. The molecule has 3 rings (SSSR count). The second kappa shape index (κ2) is 5.98. The summed E-state index contributed by atoms with van der Waals surface area (Å²) < 4.78 is 0. The van der Waals surface area contributed by atoms with Gasteiger partial charge in [-0.2, -0.15) is 0 Å². The summed E-state index contributed by atoms with van der Waals surface area (Å²) in [6.45, 7) is 4.61. The first kappa shape index (κ1) is 14.3. The molecule has 21 heavy (non-hydrogen) atoms. The SMILES string of the molecule is CCC1(CC)N[C@@H](c2ccccc2)C[C@H]1c1ccncc1. The first-order valence-electron chi connectivity index (χ1n) is 8.01. The van der Waals surface area contributed by atoms with Crippen molar-refractivity contribution in [1.82, 2.24) is 10.3 Å². The summed E-state index contributed by atoms with van der Waals surface area (Å²) in [6.07, 6.45) is 7.30. The molecule has 1 N–H and O–H groups in total. The van der Waals surface area contributed by atoms with E-state index in [-0.39, 0.29) is 5.54 Å². The predicted octanol–water partition coefficient (Wildman–Crippen LogP) is 4.46. The van der Waals surface area contributed by atoms with Gasteiger partial charge in [0.25, 0.3) is 0 Å². The molecule has 0 amide bonds. The molecule has 2 heteroatoms. The Morgan fingerprint density at radius 1 is 1.00 bits per heavy atom. The molecule has 0 saturated carbocycles. The smallest absolute Gasteiger partial charge is 0.0331 e. The van der Waals surface area contributed by atoms with E-state index in [9.17, 15) is 0 Å². The van der Waals surface area contributed by atoms with Gasteiger partial charge in [-0.25, -0.2) is 0 Å². The van der Waals surface area contributed by atoms with Crippen LogP contribution >= 0.6 is 0 Å². The molecule has 0 spiro atoms. The van der Waals surface area contributed by atoms with Gasteiger partial charge in [0.2, 0.25) is 0 Å². The van der Waals surface area contributed by atoms with Gasteiger partial charge < -0.3 is 5.32 Å². The third kappa shape index (κ3) is 2.60. The first-order chi connectivity index (χ1) is 10.3. The molecule has 1 aliphatic heterocycles. The van der Waals surface area contributed by atoms with Crippen molar-refractivity contribution in [3.63, 3.8) is 0 Å². The molecule has 0 radical (unpaired) electrons. The van der Waals surface area contributed by atoms with Crippen molar-refractivity contribution in [3.05, 3.63) is 66.0 Å². The van der Waals surface area contributed by atoms with Crippen LogP contribution in [0.3, 0.4) is 0 Å². The molecular formula is C19H24N2. The zero-order valence-electron chi connectivity index (χ0n) is 12.9. The van der Waals surface area contributed by atoms with Crippen LogP contribution in [0.15, 0.2) is 54.9 Å². The van der Waals surface area contributed by atoms with Crippen LogP contribution in [0.4, 0.5) is 0 Å². The average Bonchev–Trinajstić information content (AvgIpc) is 2.97. The van der Waals surface area contributed by atoms with Gasteiger partial charge in [-0.05, 0) is 42.5 Å². The van der Waals surface area contributed by atoms with E-state index < -0.39 is 0 Å². The van der Waals surface area contributed by atoms with E-state index in [2.05, 4.69) is 66.6 Å². The molecule has 1 aromatic carbocycles. The monoisotopic (exact) mass is 280 g/mol. The number of benzene rings is 1. The van der Waals surface area contributed by atoms with Crippen molar-refractivity contribution in [1.29, 1.82) is 0 Å². The summed E-state index contributed by atoms with van der Waals surface area (Å²) in [6, 6.07) is 15.6. The summed E-state index contributed by atoms with van der Waals surface area (Å²) in [7, 11) is 0. The standard InChI is InChI=1S/C19H24N2/c1-3-19(4-2)17(15-10-12-20-13-11-15)14-18(21-19)16-8-6-5-7-9-16/h5-13,17-18,21H,3-4,14H2,1-2H3/t17-,18+/m0/s1. The van der Waals surface area contributed by atoms with E-state index >= 15 is 0 Å². The maximum absolute atomic E-state index is 4.17. The van der Waals surface area contributed by atoms with Gasteiger partial charge >= 0.3 is 0 Å². The van der Waals surface area contributed by atoms with Gasteiger partial charge in [-0.1, -0.05) is 44.2 Å². The Hall–Kier alpha value is -1.67. The molecule has 1 aromatic heterocycles. The quantitative estimate of drug-likeness (QED) is 0.894. The molecule has 0 unspecified atom stereocenters. The minimum absolute atomic E-state index is 0.196. The van der Waals surface area contributed by atoms with Crippen molar-refractivity contribution < 1.29 is 0 Å². The van der Waals surface area contributed by atoms with Crippen LogP contribution in [0.25, 0.3) is 0 Å². The minimum Gasteiger partial charge on any atom is -0.304 e. The van der Waals surface area contributed by atoms with Crippen LogP contribution in [0.1, 0.15) is 56.2 Å². The topological polar surface area (TPSA) is 24.9 Å². The van der Waals surface area contributed by atoms with Crippen LogP contribution in [0, 0.1) is 0 Å². The summed E-state index contributed by atoms with van der Waals surface area (Å²) in [5.74, 6) is 0.556. The molecule has 1 fully saturated rings. The van der Waals surface area contributed by atoms with Crippen molar-refractivity contribution in [2.75, 3.05) is 0 Å². The summed E-state index contributed by atoms with van der Waals surface area (Å²) >= 11 is 0. The maximum Gasteiger partial charge on any atom is 0.0331 e. The molecule has 1 saturated heterocycles. The first-order valence-corrected chi connectivity index (χ1v) is 8.01. The van der Waals surface area contributed by atoms with Crippen molar-refractivity contribution in [3.8, 4) is 0 Å². The van der Waals surface area contributed by atoms with Gasteiger partial charge in [-0.15, -0.1) is 0 Å². The minimum atomic E-state index is 0.196. The van der Waals surface area contributed by atoms with Gasteiger partial charge in [0.15, 0.2) is 0 Å². The molecule has 0 aliphatic carbocycles. The van der Waals surface area contributed by atoms with Gasteiger partial charge in [0.1, 0.15) is 0 Å². The zero-order valence-corrected chi connectivity index (χ0v) is 12.9. The lowest BCUT2D eigenvalue weighted by Crippen LogP contribution is -2.43. The lowest BCUT2D eigenvalue weighted by Gasteiger charge is -2.34. The van der Waals surface area contributed by atoms with E-state index in [0.29, 0.717) is 12.0 Å². The number of rotatable bonds is 4. The fourth-order valence-electron chi connectivity index (χ4n) is 3.87. The van der Waals surface area contributed by atoms with Crippen LogP contribution in [0.5, 0.6) is 0 Å². The molecule has 2 aromatic rings. The Kier molecular flexibility index (Phi) is 4.07. The highest BCUT2D eigenvalue weighted by Crippen LogP contribution is 2.47. The average molecular weight is 280 g/mol. The summed E-state index contributed by atoms with van der Waals surface area (Å²) in [5, 5.41) is 3.95. The van der Waals surface area contributed by atoms with Gasteiger partial charge in [0, 0.05) is 29.9 Å². The number of hydrogen-bond donors (Lipinski definition) is 1. The largest absolute Gasteiger partial charge is 0.304 e. The van der Waals surface area contributed by atoms with Gasteiger partial charge in [0.05, 0.1) is 0 Å². The lowest BCUT2D eigenvalue weighted by molar-refractivity contribution is 0.303. The maximum atomic E-state index is 4.17. The molecule has 2 nitrogen and oxygen atoms in total. The molecule has 2 atom stereocenters. The molecular weight excluding hydrogens is 256 g/mol. The van der Waals surface area contributed by atoms with Crippen molar-refractivity contribution in [2.24, 2.45) is 0 Å². The molecule has 0 bridgehead atoms. The second-order valence-electron chi connectivity index (χ2n) is 6.04. The summed E-state index contributed by atoms with van der Waals surface area (Å²) in [4.78, 5) is 4.17. The van der Waals surface area contributed by atoms with Crippen LogP contribution in [-0.2, 0) is 0 Å². The van der Waals surface area contributed by atoms with Gasteiger partial charge in [-0.3, -0.25) is 4.98 Å². The lowest BCUT2D eigenvalue weighted by atomic mass is 9.77. The number of nitrogens with zero attached hydrogens (tertiary/aromatic N) is 1.